The maximum atomic E-state index is 13.2. The molecule has 6 heteroatoms. The predicted octanol–water partition coefficient (Wildman–Crippen LogP) is 4.81. The Morgan fingerprint density at radius 2 is 1.78 bits per heavy atom. The number of urea groups is 1. The van der Waals surface area contributed by atoms with Crippen LogP contribution < -0.4 is 10.1 Å². The lowest BCUT2D eigenvalue weighted by Gasteiger charge is -2.30. The van der Waals surface area contributed by atoms with Gasteiger partial charge in [-0.2, -0.15) is 0 Å². The topological polar surface area (TPSA) is 44.8 Å². The fraction of sp³-hybridized carbons (Fsp3) is 0.500. The molecule has 0 unspecified atom stereocenters. The van der Waals surface area contributed by atoms with Gasteiger partial charge in [0.15, 0.2) is 0 Å². The predicted molar refractivity (Wildman–Crippen MR) is 124 cm³/mol. The zero-order chi connectivity index (χ0) is 22.5. The summed E-state index contributed by atoms with van der Waals surface area (Å²) < 4.78 is 19.0. The monoisotopic (exact) mass is 439 g/mol. The number of ether oxygens (including phenoxy) is 1. The van der Waals surface area contributed by atoms with Gasteiger partial charge in [0.25, 0.3) is 0 Å². The van der Waals surface area contributed by atoms with E-state index in [1.54, 1.807) is 12.1 Å². The van der Waals surface area contributed by atoms with Crippen LogP contribution in [0.5, 0.6) is 5.75 Å². The molecule has 0 aromatic heterocycles. The molecule has 1 atom stereocenters. The number of benzene rings is 2. The number of hydrogen-bond acceptors (Lipinski definition) is 3. The highest BCUT2D eigenvalue weighted by Gasteiger charge is 2.37. The maximum Gasteiger partial charge on any atom is 0.318 e. The SMILES string of the molecule is CC(C)COc1ccc(CN(C(=O)NCc2ccc(F)cc2)[C@H]2CCN(C3CC3)C2)cc1. The van der Waals surface area contributed by atoms with Gasteiger partial charge in [0, 0.05) is 38.3 Å². The Morgan fingerprint density at radius 1 is 1.09 bits per heavy atom. The van der Waals surface area contributed by atoms with Crippen LogP contribution in [0.15, 0.2) is 48.5 Å². The van der Waals surface area contributed by atoms with E-state index in [1.807, 2.05) is 29.2 Å². The first-order valence-corrected chi connectivity index (χ1v) is 11.7. The molecule has 1 N–H and O–H groups in total. The molecule has 1 saturated heterocycles. The number of amides is 2. The summed E-state index contributed by atoms with van der Waals surface area (Å²) in [5.74, 6) is 1.07. The van der Waals surface area contributed by atoms with Crippen LogP contribution in [-0.2, 0) is 13.1 Å². The summed E-state index contributed by atoms with van der Waals surface area (Å²) in [5, 5.41) is 3.04. The number of hydrogen-bond donors (Lipinski definition) is 1. The van der Waals surface area contributed by atoms with Gasteiger partial charge < -0.3 is 15.0 Å². The van der Waals surface area contributed by atoms with Crippen LogP contribution in [0.25, 0.3) is 0 Å². The Balaban J connectivity index is 1.41. The van der Waals surface area contributed by atoms with Crippen molar-refractivity contribution in [1.82, 2.24) is 15.1 Å². The quantitative estimate of drug-likeness (QED) is 0.610. The standard InChI is InChI=1S/C26H34FN3O2/c1-19(2)18-32-25-11-5-21(6-12-25)16-30(24-13-14-29(17-24)23-9-10-23)26(31)28-15-20-3-7-22(27)8-4-20/h3-8,11-12,19,23-24H,9-10,13-18H2,1-2H3,(H,28,31)/t24-/m0/s1. The molecule has 1 saturated carbocycles. The largest absolute Gasteiger partial charge is 0.493 e. The molecule has 4 rings (SSSR count). The minimum absolute atomic E-state index is 0.0721. The van der Waals surface area contributed by atoms with Gasteiger partial charge in [0.05, 0.1) is 6.61 Å². The molecular formula is C26H34FN3O2. The summed E-state index contributed by atoms with van der Waals surface area (Å²) in [6.07, 6.45) is 3.55. The average molecular weight is 440 g/mol. The molecule has 172 valence electrons. The summed E-state index contributed by atoms with van der Waals surface area (Å²) in [7, 11) is 0. The second-order valence-corrected chi connectivity index (χ2v) is 9.43. The molecule has 2 amide bonds. The lowest BCUT2D eigenvalue weighted by atomic mass is 10.1. The summed E-state index contributed by atoms with van der Waals surface area (Å²) in [6, 6.07) is 15.2. The Morgan fingerprint density at radius 3 is 2.44 bits per heavy atom. The van der Waals surface area contributed by atoms with Gasteiger partial charge in [-0.3, -0.25) is 4.90 Å². The van der Waals surface area contributed by atoms with Crippen molar-refractivity contribution in [2.45, 2.75) is 58.3 Å². The fourth-order valence-corrected chi connectivity index (χ4v) is 4.19. The van der Waals surface area contributed by atoms with Crippen molar-refractivity contribution in [3.05, 3.63) is 65.5 Å². The second-order valence-electron chi connectivity index (χ2n) is 9.43. The molecule has 0 spiro atoms. The van der Waals surface area contributed by atoms with E-state index >= 15 is 0 Å². The van der Waals surface area contributed by atoms with Crippen LogP contribution >= 0.6 is 0 Å². The third-order valence-electron chi connectivity index (χ3n) is 6.18. The number of halogens is 1. The summed E-state index contributed by atoms with van der Waals surface area (Å²) in [5.41, 5.74) is 1.97. The molecule has 2 fully saturated rings. The molecule has 0 bridgehead atoms. The number of carbonyl (C=O) groups is 1. The first-order valence-electron chi connectivity index (χ1n) is 11.7. The average Bonchev–Trinajstić information content (AvgIpc) is 3.53. The summed E-state index contributed by atoms with van der Waals surface area (Å²) in [4.78, 5) is 17.7. The highest BCUT2D eigenvalue weighted by molar-refractivity contribution is 5.74. The Kier molecular flexibility index (Phi) is 7.30. The van der Waals surface area contributed by atoms with Gasteiger partial charge in [-0.05, 0) is 60.6 Å². The molecule has 1 aliphatic heterocycles. The summed E-state index contributed by atoms with van der Waals surface area (Å²) in [6.45, 7) is 7.88. The van der Waals surface area contributed by atoms with Gasteiger partial charge in [0.1, 0.15) is 11.6 Å². The van der Waals surface area contributed by atoms with Crippen molar-refractivity contribution >= 4 is 6.03 Å². The van der Waals surface area contributed by atoms with Gasteiger partial charge in [-0.1, -0.05) is 38.1 Å². The lowest BCUT2D eigenvalue weighted by Crippen LogP contribution is -2.46. The zero-order valence-electron chi connectivity index (χ0n) is 19.1. The minimum atomic E-state index is -0.270. The smallest absolute Gasteiger partial charge is 0.318 e. The van der Waals surface area contributed by atoms with E-state index in [0.29, 0.717) is 31.7 Å². The first kappa shape index (κ1) is 22.6. The fourth-order valence-electron chi connectivity index (χ4n) is 4.19. The zero-order valence-corrected chi connectivity index (χ0v) is 19.1. The van der Waals surface area contributed by atoms with Crippen molar-refractivity contribution < 1.29 is 13.9 Å². The number of rotatable bonds is 9. The van der Waals surface area contributed by atoms with Crippen LogP contribution in [-0.4, -0.2) is 47.6 Å². The van der Waals surface area contributed by atoms with Gasteiger partial charge >= 0.3 is 6.03 Å². The van der Waals surface area contributed by atoms with Gasteiger partial charge in [-0.25, -0.2) is 9.18 Å². The molecule has 2 aliphatic rings. The van der Waals surface area contributed by atoms with Crippen molar-refractivity contribution in [2.24, 2.45) is 5.92 Å². The van der Waals surface area contributed by atoms with Crippen LogP contribution in [0.4, 0.5) is 9.18 Å². The number of nitrogens with one attached hydrogen (secondary N) is 1. The minimum Gasteiger partial charge on any atom is -0.493 e. The molecular weight excluding hydrogens is 405 g/mol. The van der Waals surface area contributed by atoms with Gasteiger partial charge in [0.2, 0.25) is 0 Å². The third-order valence-corrected chi connectivity index (χ3v) is 6.18. The van der Waals surface area contributed by atoms with E-state index < -0.39 is 0 Å². The molecule has 5 nitrogen and oxygen atoms in total. The highest BCUT2D eigenvalue weighted by atomic mass is 19.1. The third kappa shape index (κ3) is 6.22. The molecule has 2 aromatic carbocycles. The van der Waals surface area contributed by atoms with Crippen molar-refractivity contribution in [3.63, 3.8) is 0 Å². The van der Waals surface area contributed by atoms with E-state index in [9.17, 15) is 9.18 Å². The van der Waals surface area contributed by atoms with Gasteiger partial charge in [-0.15, -0.1) is 0 Å². The van der Waals surface area contributed by atoms with Crippen LogP contribution in [0.2, 0.25) is 0 Å². The van der Waals surface area contributed by atoms with Crippen LogP contribution in [0.1, 0.15) is 44.2 Å². The molecule has 1 heterocycles. The normalized spacial score (nSPS) is 18.7. The number of likely N-dealkylation sites (tertiary alicyclic amines) is 1. The number of carbonyl (C=O) groups excluding carboxylic acids is 1. The summed E-state index contributed by atoms with van der Waals surface area (Å²) >= 11 is 0. The van der Waals surface area contributed by atoms with Crippen molar-refractivity contribution in [2.75, 3.05) is 19.7 Å². The highest BCUT2D eigenvalue weighted by Crippen LogP contribution is 2.31. The van der Waals surface area contributed by atoms with E-state index in [4.69, 9.17) is 4.74 Å². The second kappa shape index (κ2) is 10.3. The molecule has 32 heavy (non-hydrogen) atoms. The van der Waals surface area contributed by atoms with Crippen molar-refractivity contribution in [3.8, 4) is 5.75 Å². The Bertz CT molecular complexity index is 881. The van der Waals surface area contributed by atoms with E-state index in [2.05, 4.69) is 24.1 Å². The van der Waals surface area contributed by atoms with Crippen molar-refractivity contribution in [1.29, 1.82) is 0 Å². The Labute approximate surface area is 190 Å². The molecule has 0 radical (unpaired) electrons. The van der Waals surface area contributed by atoms with E-state index in [0.717, 1.165) is 36.4 Å². The van der Waals surface area contributed by atoms with Crippen LogP contribution in [0.3, 0.4) is 0 Å². The number of nitrogens with zero attached hydrogens (tertiary/aromatic N) is 2. The first-order chi connectivity index (χ1) is 15.5. The Hall–Kier alpha value is -2.60. The maximum absolute atomic E-state index is 13.2. The van der Waals surface area contributed by atoms with E-state index in [-0.39, 0.29) is 17.9 Å². The van der Waals surface area contributed by atoms with Crippen LogP contribution in [0, 0.1) is 11.7 Å². The lowest BCUT2D eigenvalue weighted by molar-refractivity contribution is 0.168. The van der Waals surface area contributed by atoms with E-state index in [1.165, 1.54) is 25.0 Å². The molecule has 2 aromatic rings. The molecule has 1 aliphatic carbocycles.